The molecular weight excluding hydrogens is 308 g/mol. The van der Waals surface area contributed by atoms with Crippen LogP contribution in [0.4, 0.5) is 5.69 Å². The smallest absolute Gasteiger partial charge is 0.257 e. The molecule has 0 fully saturated rings. The molecular formula is C22H16N2O. The first-order valence-corrected chi connectivity index (χ1v) is 8.12. The van der Waals surface area contributed by atoms with Gasteiger partial charge in [0.2, 0.25) is 0 Å². The maximum Gasteiger partial charge on any atom is 0.257 e. The topological polar surface area (TPSA) is 42.0 Å². The molecule has 0 aliphatic carbocycles. The molecule has 0 atom stereocenters. The number of aromatic nitrogens is 1. The molecule has 0 spiro atoms. The number of hydrogen-bond acceptors (Lipinski definition) is 2. The first kappa shape index (κ1) is 15.1. The number of fused-ring (bicyclic) bond motifs is 1. The number of para-hydroxylation sites is 1. The summed E-state index contributed by atoms with van der Waals surface area (Å²) in [4.78, 5) is 17.0. The molecule has 120 valence electrons. The number of benzene rings is 3. The van der Waals surface area contributed by atoms with E-state index in [-0.39, 0.29) is 5.91 Å². The zero-order valence-electron chi connectivity index (χ0n) is 13.5. The molecule has 1 aromatic heterocycles. The van der Waals surface area contributed by atoms with E-state index < -0.39 is 0 Å². The Morgan fingerprint density at radius 3 is 2.24 bits per heavy atom. The molecule has 0 radical (unpaired) electrons. The van der Waals surface area contributed by atoms with Crippen LogP contribution in [0.25, 0.3) is 22.0 Å². The number of nitrogens with one attached hydrogen (secondary N) is 1. The second-order valence-corrected chi connectivity index (χ2v) is 5.78. The van der Waals surface area contributed by atoms with Gasteiger partial charge >= 0.3 is 0 Å². The molecule has 25 heavy (non-hydrogen) atoms. The van der Waals surface area contributed by atoms with E-state index in [9.17, 15) is 4.79 Å². The van der Waals surface area contributed by atoms with Gasteiger partial charge in [0.25, 0.3) is 5.91 Å². The summed E-state index contributed by atoms with van der Waals surface area (Å²) in [7, 11) is 0. The molecule has 0 unspecified atom stereocenters. The molecule has 1 N–H and O–H groups in total. The van der Waals surface area contributed by atoms with E-state index >= 15 is 0 Å². The Hall–Kier alpha value is -3.46. The van der Waals surface area contributed by atoms with E-state index in [1.807, 2.05) is 66.7 Å². The Labute approximate surface area is 146 Å². The summed E-state index contributed by atoms with van der Waals surface area (Å²) in [5.74, 6) is -0.156. The number of pyridine rings is 1. The Balaban J connectivity index is 1.58. The van der Waals surface area contributed by atoms with Gasteiger partial charge in [-0.3, -0.25) is 9.78 Å². The third-order valence-electron chi connectivity index (χ3n) is 4.13. The summed E-state index contributed by atoms with van der Waals surface area (Å²) in [6.07, 6.45) is 1.70. The van der Waals surface area contributed by atoms with Crippen molar-refractivity contribution in [3.05, 3.63) is 96.7 Å². The average molecular weight is 324 g/mol. The predicted octanol–water partition coefficient (Wildman–Crippen LogP) is 5.15. The van der Waals surface area contributed by atoms with Crippen molar-refractivity contribution in [1.82, 2.24) is 4.98 Å². The van der Waals surface area contributed by atoms with Crippen molar-refractivity contribution < 1.29 is 4.79 Å². The predicted molar refractivity (Wildman–Crippen MR) is 102 cm³/mol. The zero-order chi connectivity index (χ0) is 17.1. The molecule has 1 heterocycles. The highest BCUT2D eigenvalue weighted by Gasteiger charge is 2.11. The Kier molecular flexibility index (Phi) is 3.97. The minimum atomic E-state index is -0.156. The first-order chi connectivity index (χ1) is 12.3. The van der Waals surface area contributed by atoms with Gasteiger partial charge in [-0.15, -0.1) is 0 Å². The molecule has 0 aliphatic rings. The Bertz CT molecular complexity index is 1020. The molecule has 1 amide bonds. The van der Waals surface area contributed by atoms with Crippen molar-refractivity contribution in [2.45, 2.75) is 0 Å². The summed E-state index contributed by atoms with van der Waals surface area (Å²) in [6, 6.07) is 27.4. The normalized spacial score (nSPS) is 10.6. The molecule has 4 rings (SSSR count). The van der Waals surface area contributed by atoms with Gasteiger partial charge in [-0.2, -0.15) is 0 Å². The SMILES string of the molecule is O=C(Nc1ccc(-c2ccccc2)cc1)c1cccc2cccnc12. The molecule has 4 aromatic rings. The average Bonchev–Trinajstić information content (AvgIpc) is 2.69. The summed E-state index contributed by atoms with van der Waals surface area (Å²) < 4.78 is 0. The van der Waals surface area contributed by atoms with E-state index in [1.54, 1.807) is 12.3 Å². The highest BCUT2D eigenvalue weighted by Crippen LogP contribution is 2.22. The lowest BCUT2D eigenvalue weighted by molar-refractivity contribution is 0.102. The van der Waals surface area contributed by atoms with Gasteiger partial charge < -0.3 is 5.32 Å². The lowest BCUT2D eigenvalue weighted by Crippen LogP contribution is -2.12. The maximum absolute atomic E-state index is 12.6. The van der Waals surface area contributed by atoms with Gasteiger partial charge in [0.05, 0.1) is 11.1 Å². The molecule has 0 saturated heterocycles. The second-order valence-electron chi connectivity index (χ2n) is 5.78. The van der Waals surface area contributed by atoms with Crippen LogP contribution in [0.3, 0.4) is 0 Å². The maximum atomic E-state index is 12.6. The molecule has 0 aliphatic heterocycles. The number of anilines is 1. The number of carbonyl (C=O) groups excluding carboxylic acids is 1. The van der Waals surface area contributed by atoms with Gasteiger partial charge in [0.1, 0.15) is 0 Å². The zero-order valence-corrected chi connectivity index (χ0v) is 13.5. The third kappa shape index (κ3) is 3.12. The van der Waals surface area contributed by atoms with Crippen LogP contribution in [0.15, 0.2) is 91.1 Å². The van der Waals surface area contributed by atoms with Crippen molar-refractivity contribution in [2.24, 2.45) is 0 Å². The fourth-order valence-corrected chi connectivity index (χ4v) is 2.86. The third-order valence-corrected chi connectivity index (χ3v) is 4.13. The van der Waals surface area contributed by atoms with Crippen LogP contribution in [0.1, 0.15) is 10.4 Å². The van der Waals surface area contributed by atoms with Crippen LogP contribution in [0, 0.1) is 0 Å². The molecule has 0 saturated carbocycles. The number of hydrogen-bond donors (Lipinski definition) is 1. The van der Waals surface area contributed by atoms with E-state index in [0.717, 1.165) is 22.2 Å². The van der Waals surface area contributed by atoms with Crippen molar-refractivity contribution in [3.63, 3.8) is 0 Å². The van der Waals surface area contributed by atoms with Gasteiger partial charge in [-0.1, -0.05) is 60.7 Å². The minimum absolute atomic E-state index is 0.156. The second kappa shape index (κ2) is 6.57. The number of rotatable bonds is 3. The van der Waals surface area contributed by atoms with Gasteiger partial charge in [0.15, 0.2) is 0 Å². The van der Waals surface area contributed by atoms with E-state index in [2.05, 4.69) is 22.4 Å². The van der Waals surface area contributed by atoms with Gasteiger partial charge in [-0.25, -0.2) is 0 Å². The number of carbonyl (C=O) groups is 1. The van der Waals surface area contributed by atoms with Crippen LogP contribution in [0.5, 0.6) is 0 Å². The molecule has 3 heteroatoms. The van der Waals surface area contributed by atoms with Crippen molar-refractivity contribution in [1.29, 1.82) is 0 Å². The highest BCUT2D eigenvalue weighted by atomic mass is 16.1. The molecule has 3 nitrogen and oxygen atoms in total. The Morgan fingerprint density at radius 2 is 1.44 bits per heavy atom. The largest absolute Gasteiger partial charge is 0.322 e. The van der Waals surface area contributed by atoms with Crippen LogP contribution >= 0.6 is 0 Å². The number of nitrogens with zero attached hydrogens (tertiary/aromatic N) is 1. The van der Waals surface area contributed by atoms with E-state index in [4.69, 9.17) is 0 Å². The van der Waals surface area contributed by atoms with Crippen LogP contribution < -0.4 is 5.32 Å². The summed E-state index contributed by atoms with van der Waals surface area (Å²) in [5, 5.41) is 3.90. The van der Waals surface area contributed by atoms with Gasteiger partial charge in [0, 0.05) is 17.3 Å². The first-order valence-electron chi connectivity index (χ1n) is 8.12. The Morgan fingerprint density at radius 1 is 0.720 bits per heavy atom. The standard InChI is InChI=1S/C22H16N2O/c25-22(20-10-4-8-18-9-5-15-23-21(18)20)24-19-13-11-17(12-14-19)16-6-2-1-3-7-16/h1-15H,(H,24,25). The number of amides is 1. The lowest BCUT2D eigenvalue weighted by atomic mass is 10.1. The minimum Gasteiger partial charge on any atom is -0.322 e. The quantitative estimate of drug-likeness (QED) is 0.566. The summed E-state index contributed by atoms with van der Waals surface area (Å²) in [5.41, 5.74) is 4.32. The van der Waals surface area contributed by atoms with E-state index in [1.165, 1.54) is 0 Å². The van der Waals surface area contributed by atoms with Crippen LogP contribution in [-0.2, 0) is 0 Å². The van der Waals surface area contributed by atoms with Crippen LogP contribution in [0.2, 0.25) is 0 Å². The van der Waals surface area contributed by atoms with E-state index in [0.29, 0.717) is 11.1 Å². The fraction of sp³-hybridized carbons (Fsp3) is 0. The van der Waals surface area contributed by atoms with Crippen molar-refractivity contribution in [2.75, 3.05) is 5.32 Å². The molecule has 0 bridgehead atoms. The van der Waals surface area contributed by atoms with Gasteiger partial charge in [-0.05, 0) is 35.4 Å². The summed E-state index contributed by atoms with van der Waals surface area (Å²) >= 11 is 0. The summed E-state index contributed by atoms with van der Waals surface area (Å²) in [6.45, 7) is 0. The fourth-order valence-electron chi connectivity index (χ4n) is 2.86. The molecule has 3 aromatic carbocycles. The van der Waals surface area contributed by atoms with Crippen LogP contribution in [-0.4, -0.2) is 10.9 Å². The lowest BCUT2D eigenvalue weighted by Gasteiger charge is -2.08. The highest BCUT2D eigenvalue weighted by molar-refractivity contribution is 6.11. The monoisotopic (exact) mass is 324 g/mol. The van der Waals surface area contributed by atoms with Crippen molar-refractivity contribution >= 4 is 22.5 Å². The van der Waals surface area contributed by atoms with Crippen molar-refractivity contribution in [3.8, 4) is 11.1 Å².